The first kappa shape index (κ1) is 19.5. The summed E-state index contributed by atoms with van der Waals surface area (Å²) >= 11 is 0.998. The second kappa shape index (κ2) is 7.05. The van der Waals surface area contributed by atoms with E-state index in [0.29, 0.717) is 5.57 Å². The number of ether oxygens (including phenoxy) is 1. The minimum absolute atomic E-state index is 0.0275. The summed E-state index contributed by atoms with van der Waals surface area (Å²) in [5.74, 6) is -1.35. The highest BCUT2D eigenvalue weighted by molar-refractivity contribution is 8.00. The molecule has 5 N–H and O–H groups in total. The summed E-state index contributed by atoms with van der Waals surface area (Å²) in [5, 5.41) is 38.2. The molecule has 0 amide bonds. The maximum Gasteiger partial charge on any atom is 0.335 e. The molecule has 0 bridgehead atoms. The minimum atomic E-state index is -2.08. The van der Waals surface area contributed by atoms with Crippen LogP contribution in [0.4, 0.5) is 0 Å². The number of aromatic amines is 1. The zero-order valence-electron chi connectivity index (χ0n) is 14.1. The van der Waals surface area contributed by atoms with E-state index in [-0.39, 0.29) is 16.9 Å². The Morgan fingerprint density at radius 2 is 2.22 bits per heavy atom. The molecular weight excluding hydrogens is 380 g/mol. The van der Waals surface area contributed by atoms with Crippen molar-refractivity contribution in [3.63, 3.8) is 0 Å². The standard InChI is InChI=1S/C15H18N4O7S/c1-6(2)3-27-15(11(22)8(20)10(26-15)9(21)14(24)25)19-5-18-7-12(19)16-4-17-13(7)23/h4-5,8-11,20-22H,1,3H2,2H3,(H,24,25)(H,16,17,23)/t8-,9?,10+,11-,15+/m1/s1. The van der Waals surface area contributed by atoms with E-state index in [2.05, 4.69) is 21.5 Å². The van der Waals surface area contributed by atoms with Crippen molar-refractivity contribution in [2.45, 2.75) is 36.4 Å². The highest BCUT2D eigenvalue weighted by Crippen LogP contribution is 2.46. The first-order valence-electron chi connectivity index (χ1n) is 7.83. The maximum atomic E-state index is 11.9. The first-order chi connectivity index (χ1) is 12.7. The Labute approximate surface area is 156 Å². The highest BCUT2D eigenvalue weighted by Gasteiger charge is 2.59. The Bertz CT molecular complexity index is 944. The zero-order valence-corrected chi connectivity index (χ0v) is 15.0. The Morgan fingerprint density at radius 3 is 2.85 bits per heavy atom. The molecule has 0 radical (unpaired) electrons. The van der Waals surface area contributed by atoms with Crippen LogP contribution in [0.1, 0.15) is 6.92 Å². The fraction of sp³-hybridized carbons (Fsp3) is 0.467. The lowest BCUT2D eigenvalue weighted by molar-refractivity contribution is -0.162. The lowest BCUT2D eigenvalue weighted by Crippen LogP contribution is -2.44. The summed E-state index contributed by atoms with van der Waals surface area (Å²) in [6, 6.07) is 0. The number of nitrogens with zero attached hydrogens (tertiary/aromatic N) is 3. The Hall–Kier alpha value is -2.25. The molecular formula is C15H18N4O7S. The van der Waals surface area contributed by atoms with Gasteiger partial charge in [0.1, 0.15) is 24.6 Å². The Morgan fingerprint density at radius 1 is 1.52 bits per heavy atom. The van der Waals surface area contributed by atoms with E-state index in [1.165, 1.54) is 10.9 Å². The lowest BCUT2D eigenvalue weighted by Gasteiger charge is -2.33. The number of aliphatic carboxylic acids is 1. The van der Waals surface area contributed by atoms with E-state index in [4.69, 9.17) is 9.84 Å². The smallest absolute Gasteiger partial charge is 0.335 e. The number of imidazole rings is 1. The number of carboxylic acids is 1. The van der Waals surface area contributed by atoms with E-state index >= 15 is 0 Å². The molecule has 11 nitrogen and oxygen atoms in total. The molecule has 0 spiro atoms. The second-order valence-corrected chi connectivity index (χ2v) is 7.36. The van der Waals surface area contributed by atoms with Gasteiger partial charge in [-0.15, -0.1) is 0 Å². The van der Waals surface area contributed by atoms with Gasteiger partial charge in [-0.05, 0) is 6.92 Å². The number of aliphatic hydroxyl groups excluding tert-OH is 3. The molecule has 3 heterocycles. The quantitative estimate of drug-likeness (QED) is 0.365. The van der Waals surface area contributed by atoms with Gasteiger partial charge >= 0.3 is 5.97 Å². The zero-order chi connectivity index (χ0) is 19.9. The molecule has 5 atom stereocenters. The fourth-order valence-corrected chi connectivity index (χ4v) is 4.03. The van der Waals surface area contributed by atoms with Gasteiger partial charge in [-0.1, -0.05) is 23.9 Å². The molecule has 12 heteroatoms. The average molecular weight is 398 g/mol. The van der Waals surface area contributed by atoms with Crippen molar-refractivity contribution in [1.29, 1.82) is 0 Å². The molecule has 1 aliphatic rings. The fourth-order valence-electron chi connectivity index (χ4n) is 2.81. The predicted octanol–water partition coefficient (Wildman–Crippen LogP) is -1.39. The molecule has 0 aliphatic carbocycles. The lowest BCUT2D eigenvalue weighted by atomic mass is 10.1. The molecule has 1 fully saturated rings. The van der Waals surface area contributed by atoms with Crippen molar-refractivity contribution in [3.05, 3.63) is 35.2 Å². The van der Waals surface area contributed by atoms with E-state index in [0.717, 1.165) is 18.1 Å². The van der Waals surface area contributed by atoms with Gasteiger partial charge in [-0.2, -0.15) is 0 Å². The molecule has 0 aromatic carbocycles. The molecule has 146 valence electrons. The van der Waals surface area contributed by atoms with Gasteiger partial charge in [0.15, 0.2) is 17.3 Å². The van der Waals surface area contributed by atoms with Crippen LogP contribution in [0.3, 0.4) is 0 Å². The first-order valence-corrected chi connectivity index (χ1v) is 8.82. The molecule has 1 saturated heterocycles. The van der Waals surface area contributed by atoms with Gasteiger partial charge in [-0.3, -0.25) is 9.36 Å². The van der Waals surface area contributed by atoms with Crippen LogP contribution in [0.2, 0.25) is 0 Å². The van der Waals surface area contributed by atoms with Gasteiger partial charge in [-0.25, -0.2) is 14.8 Å². The Kier molecular flexibility index (Phi) is 5.10. The second-order valence-electron chi connectivity index (χ2n) is 6.20. The van der Waals surface area contributed by atoms with Crippen LogP contribution in [-0.2, 0) is 14.6 Å². The number of hydrogen-bond donors (Lipinski definition) is 5. The normalized spacial score (nSPS) is 29.1. The van der Waals surface area contributed by atoms with Crippen molar-refractivity contribution in [2.24, 2.45) is 0 Å². The summed E-state index contributed by atoms with van der Waals surface area (Å²) in [7, 11) is 0. The number of H-pyrrole nitrogens is 1. The molecule has 3 rings (SSSR count). The van der Waals surface area contributed by atoms with Crippen LogP contribution in [0.5, 0.6) is 0 Å². The Balaban J connectivity index is 2.15. The van der Waals surface area contributed by atoms with Crippen LogP contribution in [0.25, 0.3) is 11.2 Å². The van der Waals surface area contributed by atoms with Crippen molar-refractivity contribution in [2.75, 3.05) is 5.75 Å². The topological polar surface area (TPSA) is 171 Å². The van der Waals surface area contributed by atoms with Gasteiger partial charge in [0.05, 0.1) is 6.33 Å². The molecule has 2 aromatic rings. The minimum Gasteiger partial charge on any atom is -0.479 e. The predicted molar refractivity (Wildman–Crippen MR) is 93.9 cm³/mol. The van der Waals surface area contributed by atoms with Crippen LogP contribution < -0.4 is 5.56 Å². The van der Waals surface area contributed by atoms with Crippen molar-refractivity contribution in [1.82, 2.24) is 19.5 Å². The van der Waals surface area contributed by atoms with E-state index < -0.39 is 41.0 Å². The number of nitrogens with one attached hydrogen (secondary N) is 1. The van der Waals surface area contributed by atoms with Crippen LogP contribution >= 0.6 is 11.8 Å². The SMILES string of the molecule is C=C(C)CS[C@@]1(n2cnc3c(=O)[nH]cnc32)O[C@H](C(O)C(=O)O)[C@@H](O)[C@H]1O. The van der Waals surface area contributed by atoms with E-state index in [1.54, 1.807) is 6.92 Å². The molecule has 1 unspecified atom stereocenters. The molecule has 2 aromatic heterocycles. The van der Waals surface area contributed by atoms with Crippen LogP contribution in [-0.4, -0.2) is 76.1 Å². The summed E-state index contributed by atoms with van der Waals surface area (Å²) in [6.45, 7) is 5.51. The molecule has 1 aliphatic heterocycles. The molecule has 0 saturated carbocycles. The number of aliphatic hydroxyl groups is 3. The number of fused-ring (bicyclic) bond motifs is 1. The van der Waals surface area contributed by atoms with Gasteiger partial charge < -0.3 is 30.1 Å². The monoisotopic (exact) mass is 398 g/mol. The van der Waals surface area contributed by atoms with Gasteiger partial charge in [0, 0.05) is 5.75 Å². The number of hydrogen-bond acceptors (Lipinski definition) is 9. The third-order valence-electron chi connectivity index (χ3n) is 4.10. The summed E-state index contributed by atoms with van der Waals surface area (Å²) < 4.78 is 6.94. The summed E-state index contributed by atoms with van der Waals surface area (Å²) in [5.41, 5.74) is 0.223. The maximum absolute atomic E-state index is 11.9. The molecule has 27 heavy (non-hydrogen) atoms. The third kappa shape index (κ3) is 3.15. The van der Waals surface area contributed by atoms with Crippen molar-refractivity contribution >= 4 is 28.9 Å². The van der Waals surface area contributed by atoms with Crippen LogP contribution in [0, 0.1) is 0 Å². The average Bonchev–Trinajstić information content (AvgIpc) is 3.15. The van der Waals surface area contributed by atoms with Gasteiger partial charge in [0.25, 0.3) is 5.56 Å². The number of rotatable bonds is 6. The number of carboxylic acid groups (broad SMARTS) is 1. The third-order valence-corrected chi connectivity index (χ3v) is 5.69. The number of aromatic nitrogens is 4. The van der Waals surface area contributed by atoms with E-state index in [1.807, 2.05) is 0 Å². The summed E-state index contributed by atoms with van der Waals surface area (Å²) in [6.07, 6.45) is -4.72. The highest BCUT2D eigenvalue weighted by atomic mass is 32.2. The number of thioether (sulfide) groups is 1. The summed E-state index contributed by atoms with van der Waals surface area (Å²) in [4.78, 5) is 33.4. The van der Waals surface area contributed by atoms with Crippen molar-refractivity contribution < 1.29 is 30.0 Å². The van der Waals surface area contributed by atoms with E-state index in [9.17, 15) is 24.9 Å². The largest absolute Gasteiger partial charge is 0.479 e. The van der Waals surface area contributed by atoms with Crippen LogP contribution in [0.15, 0.2) is 29.6 Å². The number of carbonyl (C=O) groups is 1. The van der Waals surface area contributed by atoms with Crippen molar-refractivity contribution in [3.8, 4) is 0 Å². The van der Waals surface area contributed by atoms with Gasteiger partial charge in [0.2, 0.25) is 5.06 Å².